The molecule has 1 aliphatic heterocycles. The summed E-state index contributed by atoms with van der Waals surface area (Å²) < 4.78 is 28.9. The summed E-state index contributed by atoms with van der Waals surface area (Å²) in [6.45, 7) is 1.45. The maximum Gasteiger partial charge on any atom is 0.262 e. The molecule has 25 heavy (non-hydrogen) atoms. The van der Waals surface area contributed by atoms with Crippen molar-refractivity contribution in [3.8, 4) is 0 Å². The Bertz CT molecular complexity index is 988. The van der Waals surface area contributed by atoms with Crippen LogP contribution in [0.2, 0.25) is 0 Å². The molecule has 0 bridgehead atoms. The van der Waals surface area contributed by atoms with Gasteiger partial charge in [0.05, 0.1) is 6.20 Å². The highest BCUT2D eigenvalue weighted by Crippen LogP contribution is 2.25. The zero-order valence-corrected chi connectivity index (χ0v) is 14.5. The fourth-order valence-corrected chi connectivity index (χ4v) is 4.56. The zero-order chi connectivity index (χ0) is 17.4. The van der Waals surface area contributed by atoms with Crippen LogP contribution in [0.4, 0.5) is 5.69 Å². The lowest BCUT2D eigenvalue weighted by Crippen LogP contribution is -2.39. The smallest absolute Gasteiger partial charge is 0.262 e. The van der Waals surface area contributed by atoms with Gasteiger partial charge in [0.1, 0.15) is 0 Å². The largest absolute Gasteiger partial charge is 0.370 e. The van der Waals surface area contributed by atoms with Gasteiger partial charge in [0.2, 0.25) is 0 Å². The highest BCUT2D eigenvalue weighted by molar-refractivity contribution is 7.89. The number of imidazole rings is 1. The van der Waals surface area contributed by atoms with Gasteiger partial charge in [-0.1, -0.05) is 0 Å². The zero-order valence-electron chi connectivity index (χ0n) is 13.7. The lowest BCUT2D eigenvalue weighted by atomic mass is 10.3. The molecule has 1 fully saturated rings. The van der Waals surface area contributed by atoms with Crippen LogP contribution in [-0.4, -0.2) is 58.5 Å². The summed E-state index contributed by atoms with van der Waals surface area (Å²) in [6.07, 6.45) is 7.17. The predicted molar refractivity (Wildman–Crippen MR) is 92.8 cm³/mol. The van der Waals surface area contributed by atoms with E-state index in [2.05, 4.69) is 20.0 Å². The molecule has 1 atom stereocenters. The van der Waals surface area contributed by atoms with Gasteiger partial charge in [0.25, 0.3) is 10.0 Å². The van der Waals surface area contributed by atoms with Crippen molar-refractivity contribution in [3.63, 3.8) is 0 Å². The number of anilines is 1. The van der Waals surface area contributed by atoms with Crippen molar-refractivity contribution in [3.05, 3.63) is 49.1 Å². The molecule has 0 aromatic carbocycles. The van der Waals surface area contributed by atoms with Crippen LogP contribution < -0.4 is 4.90 Å². The van der Waals surface area contributed by atoms with Gasteiger partial charge in [0, 0.05) is 50.5 Å². The van der Waals surface area contributed by atoms with Crippen LogP contribution in [-0.2, 0) is 10.0 Å². The standard InChI is InChI=1S/C16H18N6O2S/c1-20(14-6-10-21(12-14)13-4-8-17-9-5-13)25(23,24)16-11-18-15-3-2-7-19-22(15)16/h2-5,7-9,11,14H,6,10,12H2,1H3. The van der Waals surface area contributed by atoms with Crippen molar-refractivity contribution >= 4 is 21.4 Å². The van der Waals surface area contributed by atoms with Gasteiger partial charge in [-0.25, -0.2) is 17.9 Å². The first kappa shape index (κ1) is 16.0. The van der Waals surface area contributed by atoms with E-state index in [0.717, 1.165) is 18.7 Å². The maximum atomic E-state index is 13.0. The summed E-state index contributed by atoms with van der Waals surface area (Å²) in [5.74, 6) is 0. The Labute approximate surface area is 145 Å². The number of aromatic nitrogens is 4. The molecule has 3 aromatic rings. The van der Waals surface area contributed by atoms with Crippen LogP contribution in [0.25, 0.3) is 5.65 Å². The number of hydrogen-bond donors (Lipinski definition) is 0. The third-order valence-corrected chi connectivity index (χ3v) is 6.46. The minimum absolute atomic E-state index is 0.0907. The molecule has 1 aliphatic rings. The van der Waals surface area contributed by atoms with Gasteiger partial charge < -0.3 is 4.90 Å². The lowest BCUT2D eigenvalue weighted by molar-refractivity contribution is 0.387. The molecule has 0 aliphatic carbocycles. The first-order chi connectivity index (χ1) is 12.1. The second kappa shape index (κ2) is 6.08. The van der Waals surface area contributed by atoms with E-state index in [4.69, 9.17) is 0 Å². The van der Waals surface area contributed by atoms with Gasteiger partial charge in [-0.15, -0.1) is 0 Å². The van der Waals surface area contributed by atoms with Gasteiger partial charge in [-0.2, -0.15) is 9.40 Å². The monoisotopic (exact) mass is 358 g/mol. The highest BCUT2D eigenvalue weighted by Gasteiger charge is 2.35. The molecule has 0 radical (unpaired) electrons. The van der Waals surface area contributed by atoms with Gasteiger partial charge >= 0.3 is 0 Å². The minimum Gasteiger partial charge on any atom is -0.370 e. The average Bonchev–Trinajstić information content (AvgIpc) is 3.29. The van der Waals surface area contributed by atoms with Crippen molar-refractivity contribution in [1.29, 1.82) is 0 Å². The molecule has 9 heteroatoms. The number of sulfonamides is 1. The molecule has 0 amide bonds. The second-order valence-electron chi connectivity index (χ2n) is 6.01. The molecule has 3 aromatic heterocycles. The van der Waals surface area contributed by atoms with Crippen molar-refractivity contribution < 1.29 is 8.42 Å². The van der Waals surface area contributed by atoms with Crippen molar-refractivity contribution in [1.82, 2.24) is 23.9 Å². The van der Waals surface area contributed by atoms with Crippen LogP contribution in [0.5, 0.6) is 0 Å². The van der Waals surface area contributed by atoms with E-state index in [0.29, 0.717) is 12.2 Å². The van der Waals surface area contributed by atoms with Gasteiger partial charge in [-0.3, -0.25) is 4.98 Å². The molecular weight excluding hydrogens is 340 g/mol. The van der Waals surface area contributed by atoms with Crippen LogP contribution in [0.3, 0.4) is 0 Å². The van der Waals surface area contributed by atoms with Crippen LogP contribution in [0, 0.1) is 0 Å². The van der Waals surface area contributed by atoms with Crippen LogP contribution >= 0.6 is 0 Å². The summed E-state index contributed by atoms with van der Waals surface area (Å²) >= 11 is 0. The quantitative estimate of drug-likeness (QED) is 0.692. The fourth-order valence-electron chi connectivity index (χ4n) is 3.16. The number of pyridine rings is 1. The summed E-state index contributed by atoms with van der Waals surface area (Å²) in [5, 5.41) is 4.20. The minimum atomic E-state index is -3.68. The normalized spacial score (nSPS) is 18.3. The van der Waals surface area contributed by atoms with Crippen molar-refractivity contribution in [2.24, 2.45) is 0 Å². The molecule has 8 nitrogen and oxygen atoms in total. The Morgan fingerprint density at radius 2 is 2.00 bits per heavy atom. The van der Waals surface area contributed by atoms with Crippen LogP contribution in [0.15, 0.2) is 54.1 Å². The van der Waals surface area contributed by atoms with E-state index in [9.17, 15) is 8.42 Å². The molecule has 130 valence electrons. The molecule has 4 heterocycles. The Kier molecular flexibility index (Phi) is 3.89. The highest BCUT2D eigenvalue weighted by atomic mass is 32.2. The number of likely N-dealkylation sites (N-methyl/N-ethyl adjacent to an activating group) is 1. The molecule has 1 saturated heterocycles. The molecular formula is C16H18N6O2S. The topological polar surface area (TPSA) is 83.7 Å². The van der Waals surface area contributed by atoms with Crippen molar-refractivity contribution in [2.45, 2.75) is 17.5 Å². The Hall–Kier alpha value is -2.52. The number of hydrogen-bond acceptors (Lipinski definition) is 6. The van der Waals surface area contributed by atoms with Crippen LogP contribution in [0.1, 0.15) is 6.42 Å². The number of nitrogens with zero attached hydrogens (tertiary/aromatic N) is 6. The predicted octanol–water partition coefficient (Wildman–Crippen LogP) is 1.02. The maximum absolute atomic E-state index is 13.0. The first-order valence-electron chi connectivity index (χ1n) is 7.99. The SMILES string of the molecule is CN(C1CCN(c2ccncc2)C1)S(=O)(=O)c1cnc2cccnn12. The van der Waals surface area contributed by atoms with E-state index < -0.39 is 10.0 Å². The van der Waals surface area contributed by atoms with Gasteiger partial charge in [0.15, 0.2) is 10.7 Å². The van der Waals surface area contributed by atoms with Crippen molar-refractivity contribution in [2.75, 3.05) is 25.0 Å². The third kappa shape index (κ3) is 2.75. The third-order valence-electron chi connectivity index (χ3n) is 4.60. The molecule has 0 spiro atoms. The second-order valence-corrected chi connectivity index (χ2v) is 7.95. The van der Waals surface area contributed by atoms with E-state index in [1.807, 2.05) is 12.1 Å². The van der Waals surface area contributed by atoms with E-state index in [1.54, 1.807) is 37.8 Å². The fraction of sp³-hybridized carbons (Fsp3) is 0.312. The summed E-state index contributed by atoms with van der Waals surface area (Å²) in [4.78, 5) is 10.3. The lowest BCUT2D eigenvalue weighted by Gasteiger charge is -2.24. The molecule has 0 saturated carbocycles. The van der Waals surface area contributed by atoms with E-state index in [1.165, 1.54) is 15.0 Å². The molecule has 1 unspecified atom stereocenters. The number of rotatable bonds is 4. The average molecular weight is 358 g/mol. The number of fused-ring (bicyclic) bond motifs is 1. The summed E-state index contributed by atoms with van der Waals surface area (Å²) in [7, 11) is -2.06. The molecule has 4 rings (SSSR count). The Morgan fingerprint density at radius 3 is 2.80 bits per heavy atom. The summed E-state index contributed by atoms with van der Waals surface area (Å²) in [5.41, 5.74) is 1.57. The van der Waals surface area contributed by atoms with Gasteiger partial charge in [-0.05, 0) is 30.7 Å². The first-order valence-corrected chi connectivity index (χ1v) is 9.43. The Balaban J connectivity index is 1.59. The van der Waals surface area contributed by atoms with E-state index in [-0.39, 0.29) is 11.1 Å². The van der Waals surface area contributed by atoms with E-state index >= 15 is 0 Å². The molecule has 0 N–H and O–H groups in total. The summed E-state index contributed by atoms with van der Waals surface area (Å²) in [6, 6.07) is 7.22. The Morgan fingerprint density at radius 1 is 1.20 bits per heavy atom.